The second-order valence-electron chi connectivity index (χ2n) is 4.34. The van der Waals surface area contributed by atoms with Crippen LogP contribution in [0, 0.1) is 18.2 Å². The van der Waals surface area contributed by atoms with Gasteiger partial charge in [0.1, 0.15) is 11.4 Å². The van der Waals surface area contributed by atoms with Gasteiger partial charge in [0, 0.05) is 0 Å². The minimum atomic E-state index is -0.582. The van der Waals surface area contributed by atoms with E-state index in [9.17, 15) is 9.18 Å². The van der Waals surface area contributed by atoms with E-state index in [0.717, 1.165) is 6.07 Å². The molecular formula is C13H13FO2. The Bertz CT molecular complexity index is 450. The SMILES string of the molecule is C#Cc1cc(C(=O)OC(C)(C)C)ccc1F. The summed E-state index contributed by atoms with van der Waals surface area (Å²) in [6.07, 6.45) is 5.10. The highest BCUT2D eigenvalue weighted by Crippen LogP contribution is 2.14. The van der Waals surface area contributed by atoms with Crippen molar-refractivity contribution in [2.24, 2.45) is 0 Å². The standard InChI is InChI=1S/C13H13FO2/c1-5-9-8-10(6-7-11(9)14)12(15)16-13(2,3)4/h1,6-8H,2-4H3. The number of benzene rings is 1. The predicted molar refractivity (Wildman–Crippen MR) is 59.5 cm³/mol. The molecule has 0 unspecified atom stereocenters. The number of ether oxygens (including phenoxy) is 1. The molecule has 1 rings (SSSR count). The quantitative estimate of drug-likeness (QED) is 0.537. The zero-order valence-corrected chi connectivity index (χ0v) is 9.50. The fourth-order valence-corrected chi connectivity index (χ4v) is 1.10. The number of hydrogen-bond donors (Lipinski definition) is 0. The van der Waals surface area contributed by atoms with Crippen LogP contribution < -0.4 is 0 Å². The van der Waals surface area contributed by atoms with E-state index >= 15 is 0 Å². The molecule has 0 radical (unpaired) electrons. The van der Waals surface area contributed by atoms with Crippen molar-refractivity contribution in [1.29, 1.82) is 0 Å². The number of rotatable bonds is 1. The van der Waals surface area contributed by atoms with Gasteiger partial charge in [-0.25, -0.2) is 9.18 Å². The second kappa shape index (κ2) is 4.36. The Balaban J connectivity index is 2.98. The van der Waals surface area contributed by atoms with Crippen LogP contribution in [0.1, 0.15) is 36.7 Å². The van der Waals surface area contributed by atoms with Crippen molar-refractivity contribution in [2.45, 2.75) is 26.4 Å². The van der Waals surface area contributed by atoms with Gasteiger partial charge in [-0.05, 0) is 39.0 Å². The molecule has 1 aromatic rings. The molecule has 0 atom stereocenters. The highest BCUT2D eigenvalue weighted by atomic mass is 19.1. The van der Waals surface area contributed by atoms with Gasteiger partial charge in [0.2, 0.25) is 0 Å². The summed E-state index contributed by atoms with van der Waals surface area (Å²) in [6, 6.07) is 3.82. The van der Waals surface area contributed by atoms with Crippen LogP contribution in [0.15, 0.2) is 18.2 Å². The summed E-state index contributed by atoms with van der Waals surface area (Å²) in [4.78, 5) is 11.6. The summed E-state index contributed by atoms with van der Waals surface area (Å²) in [5.74, 6) is 1.14. The molecule has 0 saturated carbocycles. The summed E-state index contributed by atoms with van der Waals surface area (Å²) in [5, 5.41) is 0. The Morgan fingerprint density at radius 3 is 2.56 bits per heavy atom. The van der Waals surface area contributed by atoms with Crippen molar-refractivity contribution in [3.63, 3.8) is 0 Å². The van der Waals surface area contributed by atoms with Crippen molar-refractivity contribution in [3.05, 3.63) is 35.1 Å². The molecule has 2 nitrogen and oxygen atoms in total. The molecule has 0 saturated heterocycles. The average Bonchev–Trinajstić information content (AvgIpc) is 2.15. The van der Waals surface area contributed by atoms with Gasteiger partial charge < -0.3 is 4.74 Å². The highest BCUT2D eigenvalue weighted by molar-refractivity contribution is 5.90. The maximum absolute atomic E-state index is 13.1. The lowest BCUT2D eigenvalue weighted by atomic mass is 10.1. The molecule has 84 valence electrons. The van der Waals surface area contributed by atoms with Crippen molar-refractivity contribution < 1.29 is 13.9 Å². The number of hydrogen-bond acceptors (Lipinski definition) is 2. The normalized spacial score (nSPS) is 10.7. The van der Waals surface area contributed by atoms with E-state index in [4.69, 9.17) is 11.2 Å². The van der Waals surface area contributed by atoms with Crippen LogP contribution in [0.25, 0.3) is 0 Å². The maximum atomic E-state index is 13.1. The highest BCUT2D eigenvalue weighted by Gasteiger charge is 2.18. The maximum Gasteiger partial charge on any atom is 0.338 e. The third-order valence-electron chi connectivity index (χ3n) is 1.76. The fraction of sp³-hybridized carbons (Fsp3) is 0.308. The molecule has 0 heterocycles. The van der Waals surface area contributed by atoms with Gasteiger partial charge in [-0.2, -0.15) is 0 Å². The molecular weight excluding hydrogens is 207 g/mol. The van der Waals surface area contributed by atoms with Gasteiger partial charge in [0.05, 0.1) is 11.1 Å². The van der Waals surface area contributed by atoms with E-state index in [1.165, 1.54) is 12.1 Å². The first kappa shape index (κ1) is 12.3. The lowest BCUT2D eigenvalue weighted by Crippen LogP contribution is -2.23. The summed E-state index contributed by atoms with van der Waals surface area (Å²) in [6.45, 7) is 5.28. The van der Waals surface area contributed by atoms with Crippen LogP contribution in [0.3, 0.4) is 0 Å². The largest absolute Gasteiger partial charge is 0.456 e. The molecule has 0 bridgehead atoms. The summed E-state index contributed by atoms with van der Waals surface area (Å²) < 4.78 is 18.2. The minimum Gasteiger partial charge on any atom is -0.456 e. The third kappa shape index (κ3) is 3.09. The summed E-state index contributed by atoms with van der Waals surface area (Å²) >= 11 is 0. The lowest BCUT2D eigenvalue weighted by Gasteiger charge is -2.19. The molecule has 0 amide bonds. The molecule has 0 aromatic heterocycles. The number of esters is 1. The average molecular weight is 220 g/mol. The molecule has 3 heteroatoms. The van der Waals surface area contributed by atoms with E-state index in [0.29, 0.717) is 0 Å². The Morgan fingerprint density at radius 2 is 2.06 bits per heavy atom. The molecule has 0 fully saturated rings. The Kier molecular flexibility index (Phi) is 3.34. The lowest BCUT2D eigenvalue weighted by molar-refractivity contribution is 0.00695. The number of terminal acetylenes is 1. The van der Waals surface area contributed by atoms with Crippen molar-refractivity contribution in [1.82, 2.24) is 0 Å². The Labute approximate surface area is 94.4 Å². The Hall–Kier alpha value is -1.82. The van der Waals surface area contributed by atoms with E-state index in [1.807, 2.05) is 0 Å². The Morgan fingerprint density at radius 1 is 1.44 bits per heavy atom. The van der Waals surface area contributed by atoms with Crippen LogP contribution in [-0.2, 0) is 4.74 Å². The van der Waals surface area contributed by atoms with Crippen LogP contribution in [0.4, 0.5) is 4.39 Å². The first-order chi connectivity index (χ1) is 7.33. The number of carbonyl (C=O) groups is 1. The van der Waals surface area contributed by atoms with E-state index in [1.54, 1.807) is 20.8 Å². The van der Waals surface area contributed by atoms with Gasteiger partial charge in [0.15, 0.2) is 0 Å². The van der Waals surface area contributed by atoms with Crippen molar-refractivity contribution in [3.8, 4) is 12.3 Å². The van der Waals surface area contributed by atoms with Crippen LogP contribution in [0.2, 0.25) is 0 Å². The van der Waals surface area contributed by atoms with Gasteiger partial charge >= 0.3 is 5.97 Å². The zero-order chi connectivity index (χ0) is 12.3. The second-order valence-corrected chi connectivity index (χ2v) is 4.34. The van der Waals surface area contributed by atoms with Gasteiger partial charge in [0.25, 0.3) is 0 Å². The van der Waals surface area contributed by atoms with Crippen LogP contribution in [-0.4, -0.2) is 11.6 Å². The third-order valence-corrected chi connectivity index (χ3v) is 1.76. The fourth-order valence-electron chi connectivity index (χ4n) is 1.10. The molecule has 0 N–H and O–H groups in total. The number of halogens is 1. The first-order valence-electron chi connectivity index (χ1n) is 4.83. The molecule has 0 spiro atoms. The van der Waals surface area contributed by atoms with Gasteiger partial charge in [-0.3, -0.25) is 0 Å². The molecule has 0 aliphatic rings. The summed E-state index contributed by atoms with van der Waals surface area (Å²) in [5.41, 5.74) is -0.269. The van der Waals surface area contributed by atoms with E-state index in [-0.39, 0.29) is 11.1 Å². The smallest absolute Gasteiger partial charge is 0.338 e. The number of carbonyl (C=O) groups excluding carboxylic acids is 1. The molecule has 1 aromatic carbocycles. The van der Waals surface area contributed by atoms with Crippen LogP contribution >= 0.6 is 0 Å². The topological polar surface area (TPSA) is 26.3 Å². The molecule has 16 heavy (non-hydrogen) atoms. The molecule has 0 aliphatic carbocycles. The van der Waals surface area contributed by atoms with E-state index < -0.39 is 17.4 Å². The predicted octanol–water partition coefficient (Wildman–Crippen LogP) is 2.76. The summed E-state index contributed by atoms with van der Waals surface area (Å²) in [7, 11) is 0. The zero-order valence-electron chi connectivity index (χ0n) is 9.50. The van der Waals surface area contributed by atoms with Crippen molar-refractivity contribution >= 4 is 5.97 Å². The monoisotopic (exact) mass is 220 g/mol. The van der Waals surface area contributed by atoms with Crippen molar-refractivity contribution in [2.75, 3.05) is 0 Å². The molecule has 0 aliphatic heterocycles. The first-order valence-corrected chi connectivity index (χ1v) is 4.83. The van der Waals surface area contributed by atoms with Gasteiger partial charge in [-0.1, -0.05) is 5.92 Å². The van der Waals surface area contributed by atoms with E-state index in [2.05, 4.69) is 5.92 Å². The van der Waals surface area contributed by atoms with Crippen LogP contribution in [0.5, 0.6) is 0 Å². The minimum absolute atomic E-state index is 0.0587. The van der Waals surface area contributed by atoms with Gasteiger partial charge in [-0.15, -0.1) is 6.42 Å².